The first kappa shape index (κ1) is 17.1. The number of hydrogen-bond donors (Lipinski definition) is 2. The monoisotopic (exact) mass is 343 g/mol. The second kappa shape index (κ2) is 7.04. The average Bonchev–Trinajstić information content (AvgIpc) is 3.25. The minimum atomic E-state index is -0.982. The van der Waals surface area contributed by atoms with Gasteiger partial charge in [-0.15, -0.1) is 0 Å². The average molecular weight is 343 g/mol. The van der Waals surface area contributed by atoms with Crippen molar-refractivity contribution in [2.75, 3.05) is 0 Å². The molecule has 7 nitrogen and oxygen atoms in total. The van der Waals surface area contributed by atoms with Crippen molar-refractivity contribution in [1.29, 1.82) is 0 Å². The Hall–Kier alpha value is -2.70. The highest BCUT2D eigenvalue weighted by molar-refractivity contribution is 5.87. The lowest BCUT2D eigenvalue weighted by molar-refractivity contribution is -0.122. The summed E-state index contributed by atoms with van der Waals surface area (Å²) in [6, 6.07) is 6.33. The zero-order chi connectivity index (χ0) is 17.9. The van der Waals surface area contributed by atoms with Gasteiger partial charge < -0.3 is 14.9 Å². The first-order chi connectivity index (χ1) is 12.0. The topological polar surface area (TPSA) is 105 Å². The molecule has 1 aromatic heterocycles. The molecule has 1 aliphatic carbocycles. The molecular formula is C18H21N3O4. The SMILES string of the molecule is CCc1nc(C2(NC(=O)Cc3ccc(C(=O)O)cc3)CCCC2)no1. The first-order valence-electron chi connectivity index (χ1n) is 8.49. The summed E-state index contributed by atoms with van der Waals surface area (Å²) in [5, 5.41) is 16.1. The number of aromatic carboxylic acids is 1. The van der Waals surface area contributed by atoms with Gasteiger partial charge in [0.2, 0.25) is 11.8 Å². The van der Waals surface area contributed by atoms with Gasteiger partial charge in [0.1, 0.15) is 5.54 Å². The van der Waals surface area contributed by atoms with Crippen LogP contribution in [0.4, 0.5) is 0 Å². The summed E-state index contributed by atoms with van der Waals surface area (Å²) < 4.78 is 5.22. The van der Waals surface area contributed by atoms with E-state index in [-0.39, 0.29) is 17.9 Å². The van der Waals surface area contributed by atoms with Crippen LogP contribution in [0.2, 0.25) is 0 Å². The van der Waals surface area contributed by atoms with E-state index in [0.717, 1.165) is 31.2 Å². The van der Waals surface area contributed by atoms with Crippen LogP contribution in [0.3, 0.4) is 0 Å². The number of rotatable bonds is 6. The van der Waals surface area contributed by atoms with Gasteiger partial charge in [-0.2, -0.15) is 4.98 Å². The van der Waals surface area contributed by atoms with Crippen molar-refractivity contribution >= 4 is 11.9 Å². The van der Waals surface area contributed by atoms with E-state index in [0.29, 0.717) is 18.1 Å². The van der Waals surface area contributed by atoms with E-state index in [1.165, 1.54) is 12.1 Å². The lowest BCUT2D eigenvalue weighted by Gasteiger charge is -2.26. The number of benzene rings is 1. The molecular weight excluding hydrogens is 322 g/mol. The number of carboxylic acid groups (broad SMARTS) is 1. The molecule has 2 N–H and O–H groups in total. The van der Waals surface area contributed by atoms with E-state index in [2.05, 4.69) is 15.5 Å². The summed E-state index contributed by atoms with van der Waals surface area (Å²) in [5.74, 6) is 0.00813. The normalized spacial score (nSPS) is 15.9. The molecule has 0 saturated heterocycles. The molecule has 0 spiro atoms. The van der Waals surface area contributed by atoms with Gasteiger partial charge >= 0.3 is 5.97 Å². The lowest BCUT2D eigenvalue weighted by atomic mass is 9.96. The fourth-order valence-electron chi connectivity index (χ4n) is 3.24. The Kier molecular flexibility index (Phi) is 4.83. The molecule has 0 bridgehead atoms. The van der Waals surface area contributed by atoms with Crippen molar-refractivity contribution in [3.05, 3.63) is 47.1 Å². The van der Waals surface area contributed by atoms with Crippen LogP contribution < -0.4 is 5.32 Å². The number of amides is 1. The smallest absolute Gasteiger partial charge is 0.335 e. The zero-order valence-electron chi connectivity index (χ0n) is 14.1. The van der Waals surface area contributed by atoms with E-state index in [1.807, 2.05) is 6.92 Å². The van der Waals surface area contributed by atoms with Crippen molar-refractivity contribution in [1.82, 2.24) is 15.5 Å². The van der Waals surface area contributed by atoms with Crippen molar-refractivity contribution in [2.45, 2.75) is 51.0 Å². The summed E-state index contributed by atoms with van der Waals surface area (Å²) in [6.45, 7) is 1.94. The zero-order valence-corrected chi connectivity index (χ0v) is 14.1. The molecule has 0 unspecified atom stereocenters. The van der Waals surface area contributed by atoms with E-state index < -0.39 is 11.5 Å². The number of nitrogens with one attached hydrogen (secondary N) is 1. The van der Waals surface area contributed by atoms with Gasteiger partial charge in [-0.05, 0) is 30.5 Å². The predicted molar refractivity (Wildman–Crippen MR) is 89.1 cm³/mol. The highest BCUT2D eigenvalue weighted by Gasteiger charge is 2.41. The van der Waals surface area contributed by atoms with Crippen molar-refractivity contribution in [3.8, 4) is 0 Å². The van der Waals surface area contributed by atoms with Crippen LogP contribution in [0.25, 0.3) is 0 Å². The number of nitrogens with zero attached hydrogens (tertiary/aromatic N) is 2. The van der Waals surface area contributed by atoms with Crippen LogP contribution >= 0.6 is 0 Å². The maximum Gasteiger partial charge on any atom is 0.335 e. The fraction of sp³-hybridized carbons (Fsp3) is 0.444. The summed E-state index contributed by atoms with van der Waals surface area (Å²) >= 11 is 0. The minimum Gasteiger partial charge on any atom is -0.478 e. The van der Waals surface area contributed by atoms with Gasteiger partial charge in [0.15, 0.2) is 5.82 Å². The van der Waals surface area contributed by atoms with E-state index >= 15 is 0 Å². The molecule has 1 fully saturated rings. The molecule has 7 heteroatoms. The minimum absolute atomic E-state index is 0.132. The van der Waals surface area contributed by atoms with Crippen LogP contribution in [0.15, 0.2) is 28.8 Å². The van der Waals surface area contributed by atoms with Crippen LogP contribution in [-0.4, -0.2) is 27.1 Å². The molecule has 0 radical (unpaired) electrons. The summed E-state index contributed by atoms with van der Waals surface area (Å²) in [7, 11) is 0. The Bertz CT molecular complexity index is 761. The van der Waals surface area contributed by atoms with Gasteiger partial charge in [-0.3, -0.25) is 4.79 Å². The molecule has 0 aliphatic heterocycles. The Morgan fingerprint density at radius 1 is 1.24 bits per heavy atom. The van der Waals surface area contributed by atoms with Crippen molar-refractivity contribution < 1.29 is 19.2 Å². The first-order valence-corrected chi connectivity index (χ1v) is 8.49. The summed E-state index contributed by atoms with van der Waals surface area (Å²) in [4.78, 5) is 27.8. The lowest BCUT2D eigenvalue weighted by Crippen LogP contribution is -2.45. The van der Waals surface area contributed by atoms with Gasteiger partial charge in [0, 0.05) is 6.42 Å². The molecule has 1 aromatic carbocycles. The number of hydrogen-bond acceptors (Lipinski definition) is 5. The Morgan fingerprint density at radius 2 is 1.92 bits per heavy atom. The van der Waals surface area contributed by atoms with E-state index in [1.54, 1.807) is 12.1 Å². The highest BCUT2D eigenvalue weighted by Crippen LogP contribution is 2.37. The van der Waals surface area contributed by atoms with Crippen LogP contribution in [-0.2, 0) is 23.2 Å². The molecule has 1 heterocycles. The number of carbonyl (C=O) groups is 2. The number of aromatic nitrogens is 2. The van der Waals surface area contributed by atoms with Gasteiger partial charge in [0.05, 0.1) is 12.0 Å². The number of carboxylic acids is 1. The maximum absolute atomic E-state index is 12.5. The molecule has 1 aliphatic rings. The van der Waals surface area contributed by atoms with E-state index in [9.17, 15) is 9.59 Å². The van der Waals surface area contributed by atoms with Crippen molar-refractivity contribution in [2.24, 2.45) is 0 Å². The van der Waals surface area contributed by atoms with Gasteiger partial charge in [0.25, 0.3) is 0 Å². The molecule has 1 amide bonds. The third-order valence-electron chi connectivity index (χ3n) is 4.60. The Balaban J connectivity index is 1.71. The largest absolute Gasteiger partial charge is 0.478 e. The summed E-state index contributed by atoms with van der Waals surface area (Å²) in [5.41, 5.74) is 0.406. The number of aryl methyl sites for hydroxylation is 1. The van der Waals surface area contributed by atoms with Crippen molar-refractivity contribution in [3.63, 3.8) is 0 Å². The molecule has 2 aromatic rings. The number of carbonyl (C=O) groups excluding carboxylic acids is 1. The second-order valence-corrected chi connectivity index (χ2v) is 6.38. The molecule has 25 heavy (non-hydrogen) atoms. The summed E-state index contributed by atoms with van der Waals surface area (Å²) in [6.07, 6.45) is 4.43. The molecule has 0 atom stereocenters. The van der Waals surface area contributed by atoms with Gasteiger partial charge in [-0.25, -0.2) is 4.79 Å². The Morgan fingerprint density at radius 3 is 2.48 bits per heavy atom. The predicted octanol–water partition coefficient (Wildman–Crippen LogP) is 2.46. The van der Waals surface area contributed by atoms with Crippen LogP contribution in [0.1, 0.15) is 60.2 Å². The quantitative estimate of drug-likeness (QED) is 0.834. The second-order valence-electron chi connectivity index (χ2n) is 6.38. The van der Waals surface area contributed by atoms with Crippen LogP contribution in [0.5, 0.6) is 0 Å². The van der Waals surface area contributed by atoms with Crippen LogP contribution in [0, 0.1) is 0 Å². The third kappa shape index (κ3) is 3.70. The molecule has 132 valence electrons. The van der Waals surface area contributed by atoms with E-state index in [4.69, 9.17) is 9.63 Å². The fourth-order valence-corrected chi connectivity index (χ4v) is 3.24. The standard InChI is InChI=1S/C18H21N3O4/c1-2-15-19-17(21-25-15)18(9-3-4-10-18)20-14(22)11-12-5-7-13(8-6-12)16(23)24/h5-8H,2-4,9-11H2,1H3,(H,20,22)(H,23,24). The maximum atomic E-state index is 12.5. The molecule has 1 saturated carbocycles. The molecule has 3 rings (SSSR count). The third-order valence-corrected chi connectivity index (χ3v) is 4.60. The highest BCUT2D eigenvalue weighted by atomic mass is 16.5. The van der Waals surface area contributed by atoms with Gasteiger partial charge in [-0.1, -0.05) is 37.1 Å². The Labute approximate surface area is 145 Å².